The lowest BCUT2D eigenvalue weighted by molar-refractivity contribution is 0.102. The van der Waals surface area contributed by atoms with Gasteiger partial charge in [0.25, 0.3) is 5.91 Å². The molecule has 6 rings (SSSR count). The smallest absolute Gasteiger partial charge is 0.275 e. The van der Waals surface area contributed by atoms with Crippen LogP contribution in [0.2, 0.25) is 0 Å². The number of hydrogen-bond donors (Lipinski definition) is 1. The van der Waals surface area contributed by atoms with Crippen molar-refractivity contribution in [3.05, 3.63) is 48.1 Å². The van der Waals surface area contributed by atoms with E-state index < -0.39 is 11.7 Å². The highest BCUT2D eigenvalue weighted by molar-refractivity contribution is 6.02. The van der Waals surface area contributed by atoms with Gasteiger partial charge < -0.3 is 14.6 Å². The molecule has 0 spiro atoms. The quantitative estimate of drug-likeness (QED) is 0.697. The van der Waals surface area contributed by atoms with Crippen LogP contribution in [0.4, 0.5) is 15.9 Å². The van der Waals surface area contributed by atoms with Crippen molar-refractivity contribution in [3.63, 3.8) is 0 Å². The minimum atomic E-state index is -0.493. The number of nitrogens with zero attached hydrogens (tertiary/aromatic N) is 6. The Morgan fingerprint density at radius 3 is 2.61 bits per heavy atom. The third-order valence-corrected chi connectivity index (χ3v) is 6.79. The van der Waals surface area contributed by atoms with E-state index in [1.165, 1.54) is 38.2 Å². The molecule has 0 bridgehead atoms. The predicted molar refractivity (Wildman–Crippen MR) is 114 cm³/mol. The third kappa shape index (κ3) is 3.23. The molecule has 3 aromatic heterocycles. The van der Waals surface area contributed by atoms with Crippen molar-refractivity contribution in [1.29, 1.82) is 0 Å². The fraction of sp³-hybridized carbons (Fsp3) is 0.455. The van der Waals surface area contributed by atoms with Crippen LogP contribution in [0.1, 0.15) is 29.0 Å². The van der Waals surface area contributed by atoms with Gasteiger partial charge in [-0.25, -0.2) is 19.3 Å². The number of piperidine rings is 1. The summed E-state index contributed by atoms with van der Waals surface area (Å²) in [6, 6.07) is 2.02. The number of pyridine rings is 1. The zero-order valence-corrected chi connectivity index (χ0v) is 17.3. The third-order valence-electron chi connectivity index (χ3n) is 6.79. The van der Waals surface area contributed by atoms with Crippen LogP contribution >= 0.6 is 0 Å². The Balaban J connectivity index is 1.11. The molecule has 3 atom stereocenters. The van der Waals surface area contributed by atoms with Crippen LogP contribution < -0.4 is 10.2 Å². The Hall–Kier alpha value is -3.07. The topological polar surface area (TPSA) is 78.7 Å². The highest BCUT2D eigenvalue weighted by Crippen LogP contribution is 2.50. The van der Waals surface area contributed by atoms with Crippen LogP contribution in [0.25, 0.3) is 5.65 Å². The lowest BCUT2D eigenvalue weighted by Gasteiger charge is -2.24. The van der Waals surface area contributed by atoms with Gasteiger partial charge in [-0.2, -0.15) is 0 Å². The van der Waals surface area contributed by atoms with Gasteiger partial charge in [0, 0.05) is 37.6 Å². The summed E-state index contributed by atoms with van der Waals surface area (Å²) in [5, 5.41) is 2.69. The van der Waals surface area contributed by atoms with Gasteiger partial charge in [0.15, 0.2) is 11.5 Å². The van der Waals surface area contributed by atoms with Gasteiger partial charge in [0.2, 0.25) is 0 Å². The van der Waals surface area contributed by atoms with Gasteiger partial charge in [0.05, 0.1) is 23.8 Å². The minimum absolute atomic E-state index is 0.199. The first-order chi connectivity index (χ1) is 15.1. The molecule has 9 heteroatoms. The number of carbonyl (C=O) groups excluding carboxylic acids is 1. The normalized spacial score (nSPS) is 25.2. The summed E-state index contributed by atoms with van der Waals surface area (Å²) in [7, 11) is 0. The molecular formula is C22H24FN7O. The molecule has 2 aliphatic heterocycles. The summed E-state index contributed by atoms with van der Waals surface area (Å²) >= 11 is 0. The average molecular weight is 421 g/mol. The molecule has 31 heavy (non-hydrogen) atoms. The van der Waals surface area contributed by atoms with E-state index in [1.807, 2.05) is 0 Å². The number of nitrogens with one attached hydrogen (secondary N) is 1. The van der Waals surface area contributed by atoms with Gasteiger partial charge in [-0.3, -0.25) is 9.69 Å². The molecule has 3 aromatic rings. The summed E-state index contributed by atoms with van der Waals surface area (Å²) < 4.78 is 15.8. The molecule has 0 radical (unpaired) electrons. The molecule has 3 fully saturated rings. The molecule has 5 heterocycles. The first-order valence-electron chi connectivity index (χ1n) is 10.8. The number of halogens is 1. The molecule has 1 saturated carbocycles. The van der Waals surface area contributed by atoms with Crippen LogP contribution in [0.5, 0.6) is 0 Å². The van der Waals surface area contributed by atoms with Crippen LogP contribution in [0.3, 0.4) is 0 Å². The van der Waals surface area contributed by atoms with Crippen molar-refractivity contribution in [2.45, 2.75) is 25.8 Å². The lowest BCUT2D eigenvalue weighted by Crippen LogP contribution is -2.33. The van der Waals surface area contributed by atoms with Crippen molar-refractivity contribution in [2.24, 2.45) is 11.8 Å². The maximum Gasteiger partial charge on any atom is 0.275 e. The van der Waals surface area contributed by atoms with Gasteiger partial charge in [-0.05, 0) is 44.7 Å². The predicted octanol–water partition coefficient (Wildman–Crippen LogP) is 2.35. The number of likely N-dealkylation sites (tertiary alicyclic amines) is 1. The fourth-order valence-electron chi connectivity index (χ4n) is 5.31. The van der Waals surface area contributed by atoms with E-state index in [1.54, 1.807) is 29.9 Å². The number of amides is 1. The monoisotopic (exact) mass is 421 g/mol. The van der Waals surface area contributed by atoms with Crippen molar-refractivity contribution >= 4 is 23.1 Å². The number of aromatic nitrogens is 4. The molecule has 1 amide bonds. The number of anilines is 2. The number of fused-ring (bicyclic) bond motifs is 2. The van der Waals surface area contributed by atoms with Gasteiger partial charge in [0.1, 0.15) is 11.5 Å². The first-order valence-corrected chi connectivity index (χ1v) is 10.8. The number of rotatable bonds is 4. The van der Waals surface area contributed by atoms with Crippen molar-refractivity contribution in [3.8, 4) is 0 Å². The molecule has 1 N–H and O–H groups in total. The van der Waals surface area contributed by atoms with Crippen LogP contribution in [0.15, 0.2) is 30.9 Å². The maximum absolute atomic E-state index is 14.2. The van der Waals surface area contributed by atoms with E-state index in [9.17, 15) is 9.18 Å². The van der Waals surface area contributed by atoms with E-state index in [4.69, 9.17) is 0 Å². The second-order valence-electron chi connectivity index (χ2n) is 8.87. The molecule has 3 aliphatic rings. The zero-order chi connectivity index (χ0) is 21.1. The van der Waals surface area contributed by atoms with E-state index in [-0.39, 0.29) is 11.3 Å². The van der Waals surface area contributed by atoms with Crippen molar-refractivity contribution < 1.29 is 9.18 Å². The first kappa shape index (κ1) is 18.7. The summed E-state index contributed by atoms with van der Waals surface area (Å²) in [5.41, 5.74) is 1.47. The molecule has 0 aromatic carbocycles. The fourth-order valence-corrected chi connectivity index (χ4v) is 5.31. The van der Waals surface area contributed by atoms with E-state index >= 15 is 0 Å². The molecule has 2 saturated heterocycles. The second kappa shape index (κ2) is 6.98. The van der Waals surface area contributed by atoms with Crippen LogP contribution in [-0.2, 0) is 0 Å². The molecule has 0 unspecified atom stereocenters. The van der Waals surface area contributed by atoms with Crippen LogP contribution in [-0.4, -0.2) is 62.4 Å². The summed E-state index contributed by atoms with van der Waals surface area (Å²) in [6.45, 7) is 6.31. The van der Waals surface area contributed by atoms with E-state index in [0.29, 0.717) is 11.4 Å². The number of carbonyl (C=O) groups is 1. The van der Waals surface area contributed by atoms with Gasteiger partial charge >= 0.3 is 0 Å². The summed E-state index contributed by atoms with van der Waals surface area (Å²) in [4.78, 5) is 30.4. The largest absolute Gasteiger partial charge is 0.355 e. The Kier molecular flexibility index (Phi) is 4.21. The zero-order valence-electron chi connectivity index (χ0n) is 17.3. The van der Waals surface area contributed by atoms with Gasteiger partial charge in [-0.1, -0.05) is 0 Å². The molecule has 1 aliphatic carbocycles. The molecular weight excluding hydrogens is 397 g/mol. The Labute approximate surface area is 179 Å². The van der Waals surface area contributed by atoms with Crippen molar-refractivity contribution in [1.82, 2.24) is 24.3 Å². The Bertz CT molecular complexity index is 1140. The lowest BCUT2D eigenvalue weighted by atomic mass is 10.3. The Morgan fingerprint density at radius 1 is 1.13 bits per heavy atom. The standard InChI is InChI=1S/C22H24FN7O/c1-13-9-30-10-14(6-17(23)21(30)26-13)27-22(31)18-7-25-19(8-24-18)29-11-15-16(12-29)20(15)28-4-2-3-5-28/h6-10,15-16,20H,2-5,11-12H2,1H3,(H,27,31)/t15-,16+,20+. The molecule has 160 valence electrons. The Morgan fingerprint density at radius 2 is 1.90 bits per heavy atom. The summed E-state index contributed by atoms with van der Waals surface area (Å²) in [6.07, 6.45) is 9.15. The number of aryl methyl sites for hydroxylation is 1. The van der Waals surface area contributed by atoms with E-state index in [0.717, 1.165) is 36.8 Å². The van der Waals surface area contributed by atoms with E-state index in [2.05, 4.69) is 30.1 Å². The second-order valence-corrected chi connectivity index (χ2v) is 8.87. The molecule has 8 nitrogen and oxygen atoms in total. The van der Waals surface area contributed by atoms with Gasteiger partial charge in [-0.15, -0.1) is 0 Å². The van der Waals surface area contributed by atoms with Crippen LogP contribution in [0, 0.1) is 24.6 Å². The highest BCUT2D eigenvalue weighted by Gasteiger charge is 2.58. The van der Waals surface area contributed by atoms with Crippen molar-refractivity contribution in [2.75, 3.05) is 36.4 Å². The summed E-state index contributed by atoms with van der Waals surface area (Å²) in [5.74, 6) is 1.37. The minimum Gasteiger partial charge on any atom is -0.355 e. The number of hydrogen-bond acceptors (Lipinski definition) is 6. The number of imidazole rings is 1. The SMILES string of the molecule is Cc1cn2cc(NC(=O)c3cnc(N4C[C@@H]5[C@H](C4)[C@H]5N4CCCC4)cn3)cc(F)c2n1. The maximum atomic E-state index is 14.2. The average Bonchev–Trinajstić information content (AvgIpc) is 3.23. The highest BCUT2D eigenvalue weighted by atomic mass is 19.1.